The van der Waals surface area contributed by atoms with Gasteiger partial charge in [0.1, 0.15) is 0 Å². The number of amides is 1. The SMILES string of the molecule is CC(C)S(=O)(=O)c1cccc(C(=O)Nc2nnc(-c3ccsc3)o2)c1. The number of sulfone groups is 1. The first-order valence-corrected chi connectivity index (χ1v) is 9.88. The van der Waals surface area contributed by atoms with Crippen LogP contribution in [0.5, 0.6) is 0 Å². The van der Waals surface area contributed by atoms with Crippen molar-refractivity contribution in [2.75, 3.05) is 5.32 Å². The maximum Gasteiger partial charge on any atom is 0.322 e. The maximum absolute atomic E-state index is 12.3. The molecule has 1 amide bonds. The highest BCUT2D eigenvalue weighted by atomic mass is 32.2. The van der Waals surface area contributed by atoms with E-state index in [0.29, 0.717) is 5.89 Å². The molecule has 9 heteroatoms. The van der Waals surface area contributed by atoms with Crippen molar-refractivity contribution in [1.29, 1.82) is 0 Å². The first-order valence-electron chi connectivity index (χ1n) is 7.39. The maximum atomic E-state index is 12.3. The van der Waals surface area contributed by atoms with Crippen LogP contribution in [0.25, 0.3) is 11.5 Å². The van der Waals surface area contributed by atoms with Crippen molar-refractivity contribution >= 4 is 33.1 Å². The molecule has 0 aliphatic rings. The van der Waals surface area contributed by atoms with Crippen LogP contribution in [0.15, 0.2) is 50.4 Å². The van der Waals surface area contributed by atoms with Crippen LogP contribution in [0.2, 0.25) is 0 Å². The number of carbonyl (C=O) groups excluding carboxylic acids is 1. The predicted molar refractivity (Wildman–Crippen MR) is 94.3 cm³/mol. The molecule has 0 bridgehead atoms. The molecule has 3 rings (SSSR count). The van der Waals surface area contributed by atoms with Gasteiger partial charge in [-0.15, -0.1) is 5.10 Å². The zero-order chi connectivity index (χ0) is 18.0. The molecule has 0 radical (unpaired) electrons. The number of carbonyl (C=O) groups is 1. The zero-order valence-corrected chi connectivity index (χ0v) is 15.1. The fourth-order valence-electron chi connectivity index (χ4n) is 2.03. The molecule has 2 heterocycles. The van der Waals surface area contributed by atoms with Crippen LogP contribution in [0, 0.1) is 0 Å². The molecule has 130 valence electrons. The molecule has 0 saturated heterocycles. The van der Waals surface area contributed by atoms with Crippen LogP contribution < -0.4 is 5.32 Å². The molecule has 2 aromatic heterocycles. The highest BCUT2D eigenvalue weighted by Crippen LogP contribution is 2.23. The number of benzene rings is 1. The van der Waals surface area contributed by atoms with E-state index in [1.165, 1.54) is 35.6 Å². The van der Waals surface area contributed by atoms with Gasteiger partial charge in [0.2, 0.25) is 0 Å². The van der Waals surface area contributed by atoms with Crippen LogP contribution in [0.3, 0.4) is 0 Å². The van der Waals surface area contributed by atoms with Crippen molar-refractivity contribution < 1.29 is 17.6 Å². The quantitative estimate of drug-likeness (QED) is 0.732. The third-order valence-electron chi connectivity index (χ3n) is 3.46. The number of thiophene rings is 1. The molecule has 0 saturated carbocycles. The number of hydrogen-bond donors (Lipinski definition) is 1. The van der Waals surface area contributed by atoms with Crippen molar-refractivity contribution in [3.05, 3.63) is 46.7 Å². The van der Waals surface area contributed by atoms with E-state index in [4.69, 9.17) is 4.42 Å². The first kappa shape index (κ1) is 17.3. The van der Waals surface area contributed by atoms with E-state index in [9.17, 15) is 13.2 Å². The summed E-state index contributed by atoms with van der Waals surface area (Å²) >= 11 is 1.49. The second kappa shape index (κ2) is 6.77. The average molecular weight is 377 g/mol. The molecular weight excluding hydrogens is 362 g/mol. The van der Waals surface area contributed by atoms with E-state index in [1.807, 2.05) is 16.8 Å². The van der Waals surface area contributed by atoms with E-state index < -0.39 is 21.0 Å². The van der Waals surface area contributed by atoms with Crippen LogP contribution >= 0.6 is 11.3 Å². The standard InChI is InChI=1S/C16H15N3O4S2/c1-10(2)25(21,22)13-5-3-4-11(8-13)14(20)17-16-19-18-15(23-16)12-6-7-24-9-12/h3-10H,1-2H3,(H,17,19,20). The number of aromatic nitrogens is 2. The summed E-state index contributed by atoms with van der Waals surface area (Å²) in [6.07, 6.45) is 0. The Kier molecular flexibility index (Phi) is 4.69. The van der Waals surface area contributed by atoms with E-state index in [1.54, 1.807) is 13.8 Å². The lowest BCUT2D eigenvalue weighted by atomic mass is 10.2. The fourth-order valence-corrected chi connectivity index (χ4v) is 3.77. The van der Waals surface area contributed by atoms with Gasteiger partial charge in [-0.05, 0) is 43.5 Å². The summed E-state index contributed by atoms with van der Waals surface area (Å²) in [5.74, 6) is -0.228. The molecule has 1 aromatic carbocycles. The molecule has 3 aromatic rings. The average Bonchev–Trinajstić information content (AvgIpc) is 3.26. The lowest BCUT2D eigenvalue weighted by molar-refractivity contribution is 0.102. The number of hydrogen-bond acceptors (Lipinski definition) is 7. The molecule has 25 heavy (non-hydrogen) atoms. The van der Waals surface area contributed by atoms with Crippen LogP contribution in [0.1, 0.15) is 24.2 Å². The highest BCUT2D eigenvalue weighted by Gasteiger charge is 2.21. The summed E-state index contributed by atoms with van der Waals surface area (Å²) in [5.41, 5.74) is 0.958. The molecule has 1 N–H and O–H groups in total. The topological polar surface area (TPSA) is 102 Å². The van der Waals surface area contributed by atoms with E-state index >= 15 is 0 Å². The van der Waals surface area contributed by atoms with Crippen LogP contribution in [-0.2, 0) is 9.84 Å². The monoisotopic (exact) mass is 377 g/mol. The molecular formula is C16H15N3O4S2. The third-order valence-corrected chi connectivity index (χ3v) is 6.29. The Balaban J connectivity index is 1.80. The van der Waals surface area contributed by atoms with E-state index in [0.717, 1.165) is 5.56 Å². The van der Waals surface area contributed by atoms with Crippen molar-refractivity contribution in [3.8, 4) is 11.5 Å². The Morgan fingerprint density at radius 2 is 2.04 bits per heavy atom. The minimum atomic E-state index is -3.46. The summed E-state index contributed by atoms with van der Waals surface area (Å²) in [4.78, 5) is 12.4. The summed E-state index contributed by atoms with van der Waals surface area (Å²) in [5, 5.41) is 13.3. The number of nitrogens with one attached hydrogen (secondary N) is 1. The molecule has 0 atom stereocenters. The summed E-state index contributed by atoms with van der Waals surface area (Å²) in [6.45, 7) is 3.18. The van der Waals surface area contributed by atoms with Gasteiger partial charge in [-0.2, -0.15) is 11.3 Å². The Morgan fingerprint density at radius 3 is 2.72 bits per heavy atom. The van der Waals surface area contributed by atoms with Crippen LogP contribution in [0.4, 0.5) is 6.01 Å². The van der Waals surface area contributed by atoms with Crippen molar-refractivity contribution in [3.63, 3.8) is 0 Å². The van der Waals surface area contributed by atoms with Gasteiger partial charge in [-0.1, -0.05) is 11.2 Å². The van der Waals surface area contributed by atoms with Crippen molar-refractivity contribution in [2.24, 2.45) is 0 Å². The lowest BCUT2D eigenvalue weighted by Gasteiger charge is -2.09. The van der Waals surface area contributed by atoms with Gasteiger partial charge in [0.15, 0.2) is 9.84 Å². The third kappa shape index (κ3) is 3.62. The molecule has 0 aliphatic heterocycles. The van der Waals surface area contributed by atoms with Gasteiger partial charge in [-0.25, -0.2) is 8.42 Å². The molecule has 0 spiro atoms. The van der Waals surface area contributed by atoms with Crippen molar-refractivity contribution in [1.82, 2.24) is 10.2 Å². The van der Waals surface area contributed by atoms with Gasteiger partial charge >= 0.3 is 6.01 Å². The lowest BCUT2D eigenvalue weighted by Crippen LogP contribution is -2.16. The van der Waals surface area contributed by atoms with Gasteiger partial charge in [0.25, 0.3) is 11.8 Å². The van der Waals surface area contributed by atoms with Gasteiger partial charge in [0, 0.05) is 16.5 Å². The summed E-state index contributed by atoms with van der Waals surface area (Å²) < 4.78 is 29.8. The van der Waals surface area contributed by atoms with Gasteiger partial charge in [0.05, 0.1) is 10.1 Å². The van der Waals surface area contributed by atoms with Crippen LogP contribution in [-0.4, -0.2) is 29.8 Å². The first-order chi connectivity index (χ1) is 11.9. The smallest absolute Gasteiger partial charge is 0.322 e. The number of nitrogens with zero attached hydrogens (tertiary/aromatic N) is 2. The second-order valence-electron chi connectivity index (χ2n) is 5.50. The number of anilines is 1. The second-order valence-corrected chi connectivity index (χ2v) is 8.78. The number of rotatable bonds is 5. The summed E-state index contributed by atoms with van der Waals surface area (Å²) in [7, 11) is -3.46. The Bertz CT molecular complexity index is 992. The molecule has 0 unspecified atom stereocenters. The Morgan fingerprint density at radius 1 is 1.24 bits per heavy atom. The normalized spacial score (nSPS) is 11.6. The fraction of sp³-hybridized carbons (Fsp3) is 0.188. The minimum absolute atomic E-state index is 0.0525. The Hall–Kier alpha value is -2.52. The molecule has 0 aliphatic carbocycles. The van der Waals surface area contributed by atoms with Gasteiger partial charge < -0.3 is 4.42 Å². The van der Waals surface area contributed by atoms with E-state index in [2.05, 4.69) is 15.5 Å². The zero-order valence-electron chi connectivity index (χ0n) is 13.5. The predicted octanol–water partition coefficient (Wildman–Crippen LogP) is 3.23. The largest absolute Gasteiger partial charge is 0.403 e. The minimum Gasteiger partial charge on any atom is -0.403 e. The Labute approximate surface area is 148 Å². The molecule has 0 fully saturated rings. The highest BCUT2D eigenvalue weighted by molar-refractivity contribution is 7.92. The molecule has 7 nitrogen and oxygen atoms in total. The summed E-state index contributed by atoms with van der Waals surface area (Å²) in [6, 6.07) is 7.61. The van der Waals surface area contributed by atoms with E-state index in [-0.39, 0.29) is 16.5 Å². The van der Waals surface area contributed by atoms with Gasteiger partial charge in [-0.3, -0.25) is 10.1 Å². The van der Waals surface area contributed by atoms with Crippen molar-refractivity contribution in [2.45, 2.75) is 24.0 Å².